The lowest BCUT2D eigenvalue weighted by Gasteiger charge is -2.40. The number of thioether (sulfide) groups is 1. The molecular formula is C25H37NO4S2. The Hall–Kier alpha value is -1.31. The summed E-state index contributed by atoms with van der Waals surface area (Å²) >= 11 is 1.12. The molecule has 1 amide bonds. The molecule has 3 heterocycles. The first-order valence-corrected chi connectivity index (χ1v) is 14.3. The van der Waals surface area contributed by atoms with Crippen LogP contribution >= 0.6 is 11.8 Å². The lowest BCUT2D eigenvalue weighted by Crippen LogP contribution is -2.48. The van der Waals surface area contributed by atoms with Crippen molar-refractivity contribution in [1.82, 2.24) is 4.90 Å². The molecule has 1 fully saturated rings. The molecule has 0 radical (unpaired) electrons. The summed E-state index contributed by atoms with van der Waals surface area (Å²) in [6, 6.07) is 6.01. The quantitative estimate of drug-likeness (QED) is 0.246. The predicted molar refractivity (Wildman–Crippen MR) is 134 cm³/mol. The van der Waals surface area contributed by atoms with Gasteiger partial charge in [-0.05, 0) is 50.0 Å². The van der Waals surface area contributed by atoms with Crippen LogP contribution in [-0.2, 0) is 22.4 Å². The normalized spacial score (nSPS) is 20.5. The number of hydrogen-bond donors (Lipinski definition) is 0. The minimum absolute atomic E-state index is 0.191. The van der Waals surface area contributed by atoms with Crippen molar-refractivity contribution in [3.8, 4) is 11.5 Å². The second kappa shape index (κ2) is 12.8. The van der Waals surface area contributed by atoms with Crippen molar-refractivity contribution in [2.75, 3.05) is 18.3 Å². The Morgan fingerprint density at radius 2 is 1.94 bits per heavy atom. The molecule has 1 saturated heterocycles. The summed E-state index contributed by atoms with van der Waals surface area (Å²) < 4.78 is 23.0. The molecule has 7 heteroatoms. The molecule has 4 rings (SSSR count). The van der Waals surface area contributed by atoms with E-state index < -0.39 is 11.2 Å². The number of carbonyl (C=O) groups excluding carboxylic acids is 1. The first kappa shape index (κ1) is 25.3. The van der Waals surface area contributed by atoms with Gasteiger partial charge in [-0.15, -0.1) is 11.8 Å². The van der Waals surface area contributed by atoms with Crippen LogP contribution in [0, 0.1) is 0 Å². The molecule has 0 spiro atoms. The van der Waals surface area contributed by atoms with Crippen molar-refractivity contribution in [2.45, 2.75) is 82.8 Å². The van der Waals surface area contributed by atoms with Gasteiger partial charge in [-0.3, -0.25) is 4.79 Å². The summed E-state index contributed by atoms with van der Waals surface area (Å²) in [4.78, 5) is 12.7. The Morgan fingerprint density at radius 3 is 2.69 bits per heavy atom. The van der Waals surface area contributed by atoms with E-state index in [1.807, 2.05) is 41.1 Å². The van der Waals surface area contributed by atoms with Gasteiger partial charge in [-0.1, -0.05) is 49.8 Å². The zero-order valence-corrected chi connectivity index (χ0v) is 21.3. The molecule has 0 saturated carbocycles. The molecule has 0 N–H and O–H groups in total. The van der Waals surface area contributed by atoms with Crippen molar-refractivity contribution in [3.63, 3.8) is 0 Å². The topological polar surface area (TPSA) is 61.8 Å². The largest absolute Gasteiger partial charge is 0.616 e. The third-order valence-electron chi connectivity index (χ3n) is 5.92. The van der Waals surface area contributed by atoms with Crippen molar-refractivity contribution < 1.29 is 18.8 Å². The van der Waals surface area contributed by atoms with Crippen LogP contribution in [0.3, 0.4) is 0 Å². The lowest BCUT2D eigenvalue weighted by atomic mass is 10.1. The summed E-state index contributed by atoms with van der Waals surface area (Å²) in [5.41, 5.74) is 2.47. The van der Waals surface area contributed by atoms with E-state index in [2.05, 4.69) is 20.8 Å². The fraction of sp³-hybridized carbons (Fsp3) is 0.640. The molecule has 178 valence electrons. The van der Waals surface area contributed by atoms with Gasteiger partial charge < -0.3 is 18.9 Å². The minimum atomic E-state index is -0.743. The van der Waals surface area contributed by atoms with Crippen LogP contribution in [0.5, 0.6) is 11.5 Å². The summed E-state index contributed by atoms with van der Waals surface area (Å²) in [5.74, 6) is 3.82. The predicted octanol–water partition coefficient (Wildman–Crippen LogP) is 5.65. The van der Waals surface area contributed by atoms with E-state index in [0.717, 1.165) is 42.3 Å². The SMILES string of the molecule is CC1=CN2C(=O)C[C@H]2SC1.CCCCCCCC[S+]([O-])C(C)Cc1ccc2c(c1)OCO2. The van der Waals surface area contributed by atoms with Gasteiger partial charge in [0.2, 0.25) is 12.7 Å². The van der Waals surface area contributed by atoms with Crippen LogP contribution in [0.4, 0.5) is 0 Å². The number of ether oxygens (including phenoxy) is 2. The van der Waals surface area contributed by atoms with Crippen LogP contribution < -0.4 is 9.47 Å². The minimum Gasteiger partial charge on any atom is -0.616 e. The highest BCUT2D eigenvalue weighted by Crippen LogP contribution is 2.35. The van der Waals surface area contributed by atoms with E-state index in [1.165, 1.54) is 43.2 Å². The molecule has 1 aromatic rings. The third-order valence-corrected chi connectivity index (χ3v) is 9.07. The fourth-order valence-electron chi connectivity index (χ4n) is 3.92. The maximum atomic E-state index is 12.3. The summed E-state index contributed by atoms with van der Waals surface area (Å²) in [6.07, 6.45) is 11.0. The number of benzene rings is 1. The van der Waals surface area contributed by atoms with Gasteiger partial charge in [0.25, 0.3) is 0 Å². The maximum absolute atomic E-state index is 12.3. The molecule has 0 aliphatic carbocycles. The van der Waals surface area contributed by atoms with E-state index in [1.54, 1.807) is 0 Å². The van der Waals surface area contributed by atoms with Gasteiger partial charge in [0.1, 0.15) is 11.0 Å². The Balaban J connectivity index is 0.000000238. The first-order chi connectivity index (χ1) is 15.5. The fourth-order valence-corrected chi connectivity index (χ4v) is 6.32. The highest BCUT2D eigenvalue weighted by atomic mass is 32.2. The number of carbonyl (C=O) groups is 1. The van der Waals surface area contributed by atoms with Gasteiger partial charge in [0.05, 0.1) is 11.8 Å². The highest BCUT2D eigenvalue weighted by Gasteiger charge is 2.36. The second-order valence-electron chi connectivity index (χ2n) is 8.80. The number of rotatable bonds is 10. The van der Waals surface area contributed by atoms with E-state index in [0.29, 0.717) is 12.2 Å². The number of amides is 1. The van der Waals surface area contributed by atoms with Crippen LogP contribution in [0.15, 0.2) is 30.0 Å². The van der Waals surface area contributed by atoms with E-state index in [9.17, 15) is 9.35 Å². The van der Waals surface area contributed by atoms with Crippen molar-refractivity contribution in [3.05, 3.63) is 35.5 Å². The molecule has 5 nitrogen and oxygen atoms in total. The third kappa shape index (κ3) is 7.35. The Kier molecular flexibility index (Phi) is 10.1. The first-order valence-electron chi connectivity index (χ1n) is 11.8. The molecule has 3 atom stereocenters. The standard InChI is InChI=1S/C18H28O3S.C7H9NOS/c1-3-4-5-6-7-8-11-22(19)15(2)12-16-9-10-17-18(13-16)21-14-20-17;1-5-3-8-6(9)2-7(8)10-4-5/h9-10,13,15H,3-8,11-12,14H2,1-2H3;3,7H,2,4H2,1H3/t;7-/m.1/s1. The molecular weight excluding hydrogens is 442 g/mol. The smallest absolute Gasteiger partial charge is 0.231 e. The molecule has 0 aromatic heterocycles. The zero-order valence-electron chi connectivity index (χ0n) is 19.6. The van der Waals surface area contributed by atoms with Gasteiger partial charge >= 0.3 is 0 Å². The van der Waals surface area contributed by atoms with Gasteiger partial charge in [-0.25, -0.2) is 0 Å². The van der Waals surface area contributed by atoms with E-state index in [4.69, 9.17) is 9.47 Å². The Labute approximate surface area is 200 Å². The Morgan fingerprint density at radius 1 is 1.19 bits per heavy atom. The summed E-state index contributed by atoms with van der Waals surface area (Å²) in [7, 11) is 0. The number of β-lactam (4-membered cyclic amide) rings is 1. The number of nitrogens with zero attached hydrogens (tertiary/aromatic N) is 1. The maximum Gasteiger partial charge on any atom is 0.231 e. The second-order valence-corrected chi connectivity index (χ2v) is 11.9. The molecule has 3 aliphatic heterocycles. The van der Waals surface area contributed by atoms with Gasteiger partial charge in [0, 0.05) is 18.4 Å². The molecule has 0 bridgehead atoms. The van der Waals surface area contributed by atoms with Gasteiger partial charge in [0.15, 0.2) is 11.5 Å². The molecule has 32 heavy (non-hydrogen) atoms. The van der Waals surface area contributed by atoms with Gasteiger partial charge in [-0.2, -0.15) is 0 Å². The van der Waals surface area contributed by atoms with Crippen molar-refractivity contribution in [2.24, 2.45) is 0 Å². The lowest BCUT2D eigenvalue weighted by molar-refractivity contribution is -0.137. The van der Waals surface area contributed by atoms with Crippen molar-refractivity contribution >= 4 is 28.8 Å². The average molecular weight is 480 g/mol. The summed E-state index contributed by atoms with van der Waals surface area (Å²) in [5, 5.41) is 0.659. The average Bonchev–Trinajstić information content (AvgIpc) is 3.25. The highest BCUT2D eigenvalue weighted by molar-refractivity contribution is 8.00. The number of unbranched alkanes of at least 4 members (excludes halogenated alkanes) is 5. The number of fused-ring (bicyclic) bond motifs is 2. The molecule has 1 aromatic carbocycles. The summed E-state index contributed by atoms with van der Waals surface area (Å²) in [6.45, 7) is 6.68. The van der Waals surface area contributed by atoms with E-state index >= 15 is 0 Å². The van der Waals surface area contributed by atoms with Crippen LogP contribution in [0.1, 0.15) is 71.3 Å². The van der Waals surface area contributed by atoms with Crippen molar-refractivity contribution in [1.29, 1.82) is 0 Å². The molecule has 3 aliphatic rings. The van der Waals surface area contributed by atoms with Crippen LogP contribution in [0.2, 0.25) is 0 Å². The zero-order chi connectivity index (χ0) is 22.9. The number of hydrogen-bond acceptors (Lipinski definition) is 5. The van der Waals surface area contributed by atoms with Crippen LogP contribution in [-0.4, -0.2) is 44.3 Å². The monoisotopic (exact) mass is 479 g/mol. The Bertz CT molecular complexity index is 785. The van der Waals surface area contributed by atoms with E-state index in [-0.39, 0.29) is 11.2 Å². The van der Waals surface area contributed by atoms with Crippen LogP contribution in [0.25, 0.3) is 0 Å². The molecule has 2 unspecified atom stereocenters.